The smallest absolute Gasteiger partial charge is 0.354 e. The maximum atomic E-state index is 12.4. The van der Waals surface area contributed by atoms with Crippen molar-refractivity contribution >= 4 is 17.6 Å². The Hall–Kier alpha value is -2.67. The van der Waals surface area contributed by atoms with Crippen LogP contribution in [0.4, 0.5) is 5.69 Å². The molecule has 1 unspecified atom stereocenters. The lowest BCUT2D eigenvalue weighted by molar-refractivity contribution is -0.119. The average molecular weight is 356 g/mol. The number of hydrogen-bond donors (Lipinski definition) is 2. The normalized spacial score (nSPS) is 16.2. The van der Waals surface area contributed by atoms with Crippen molar-refractivity contribution in [1.29, 1.82) is 0 Å². The van der Waals surface area contributed by atoms with E-state index >= 15 is 0 Å². The van der Waals surface area contributed by atoms with Gasteiger partial charge in [-0.05, 0) is 56.6 Å². The molecule has 0 saturated carbocycles. The Morgan fingerprint density at radius 1 is 1.15 bits per heavy atom. The Morgan fingerprint density at radius 3 is 2.50 bits per heavy atom. The van der Waals surface area contributed by atoms with Gasteiger partial charge in [-0.3, -0.25) is 9.69 Å². The van der Waals surface area contributed by atoms with Gasteiger partial charge in [0.2, 0.25) is 5.91 Å². The summed E-state index contributed by atoms with van der Waals surface area (Å²) >= 11 is 0. The van der Waals surface area contributed by atoms with E-state index in [9.17, 15) is 9.59 Å². The predicted octanol–water partition coefficient (Wildman–Crippen LogP) is 2.77. The highest BCUT2D eigenvalue weighted by Gasteiger charge is 2.21. The summed E-state index contributed by atoms with van der Waals surface area (Å²) in [7, 11) is 0. The highest BCUT2D eigenvalue weighted by Crippen LogP contribution is 2.17. The first-order valence-corrected chi connectivity index (χ1v) is 8.93. The van der Waals surface area contributed by atoms with Crippen molar-refractivity contribution in [1.82, 2.24) is 14.7 Å². The third kappa shape index (κ3) is 4.29. The molecule has 0 spiro atoms. The Morgan fingerprint density at radius 2 is 1.85 bits per heavy atom. The second-order valence-electron chi connectivity index (χ2n) is 6.67. The molecule has 1 aliphatic rings. The molecule has 3 rings (SSSR count). The van der Waals surface area contributed by atoms with Crippen molar-refractivity contribution in [2.45, 2.75) is 38.8 Å². The number of likely N-dealkylation sites (tertiary alicyclic amines) is 1. The largest absolute Gasteiger partial charge is 0.477 e. The number of carboxylic acid groups (broad SMARTS) is 1. The van der Waals surface area contributed by atoms with E-state index in [4.69, 9.17) is 5.11 Å². The molecule has 2 N–H and O–H groups in total. The number of rotatable bonds is 6. The van der Waals surface area contributed by atoms with Crippen LogP contribution in [0.2, 0.25) is 0 Å². The van der Waals surface area contributed by atoms with Crippen LogP contribution in [0.3, 0.4) is 0 Å². The minimum atomic E-state index is -1.11. The first-order valence-electron chi connectivity index (χ1n) is 8.93. The molecular formula is C19H24N4O3. The van der Waals surface area contributed by atoms with Gasteiger partial charge in [0.15, 0.2) is 0 Å². The fraction of sp³-hybridized carbons (Fsp3) is 0.421. The third-order valence-electron chi connectivity index (χ3n) is 4.71. The van der Waals surface area contributed by atoms with E-state index in [1.165, 1.54) is 41.8 Å². The number of piperidine rings is 1. The number of aromatic nitrogens is 2. The maximum Gasteiger partial charge on any atom is 0.354 e. The van der Waals surface area contributed by atoms with Crippen molar-refractivity contribution in [3.05, 3.63) is 47.8 Å². The average Bonchev–Trinajstić information content (AvgIpc) is 3.13. The van der Waals surface area contributed by atoms with E-state index in [0.29, 0.717) is 5.69 Å². The van der Waals surface area contributed by atoms with Crippen LogP contribution in [0.5, 0.6) is 0 Å². The molecule has 2 aromatic rings. The van der Waals surface area contributed by atoms with Gasteiger partial charge < -0.3 is 10.4 Å². The third-order valence-corrected chi connectivity index (χ3v) is 4.71. The summed E-state index contributed by atoms with van der Waals surface area (Å²) in [6.07, 6.45) is 5.22. The van der Waals surface area contributed by atoms with Gasteiger partial charge in [-0.1, -0.05) is 18.6 Å². The zero-order valence-corrected chi connectivity index (χ0v) is 14.9. The van der Waals surface area contributed by atoms with E-state index in [2.05, 4.69) is 15.3 Å². The molecule has 7 heteroatoms. The summed E-state index contributed by atoms with van der Waals surface area (Å²) in [5.74, 6) is -1.41. The lowest BCUT2D eigenvalue weighted by Gasteiger charge is -2.26. The molecule has 1 saturated heterocycles. The van der Waals surface area contributed by atoms with E-state index in [0.717, 1.165) is 19.6 Å². The fourth-order valence-corrected chi connectivity index (χ4v) is 3.22. The first kappa shape index (κ1) is 18.1. The van der Waals surface area contributed by atoms with E-state index in [1.807, 2.05) is 24.3 Å². The summed E-state index contributed by atoms with van der Waals surface area (Å²) in [5.41, 5.74) is 1.90. The molecule has 1 fully saturated rings. The molecule has 1 aromatic carbocycles. The molecule has 0 bridgehead atoms. The number of nitrogens with zero attached hydrogens (tertiary/aromatic N) is 3. The van der Waals surface area contributed by atoms with Crippen molar-refractivity contribution in [3.63, 3.8) is 0 Å². The van der Waals surface area contributed by atoms with Crippen LogP contribution in [0.25, 0.3) is 0 Å². The summed E-state index contributed by atoms with van der Waals surface area (Å²) in [6, 6.07) is 8.46. The number of hydrogen-bond acceptors (Lipinski definition) is 4. The molecule has 1 atom stereocenters. The van der Waals surface area contributed by atoms with Gasteiger partial charge in [-0.2, -0.15) is 5.10 Å². The van der Waals surface area contributed by atoms with Gasteiger partial charge in [0, 0.05) is 18.4 Å². The molecule has 26 heavy (non-hydrogen) atoms. The number of carbonyl (C=O) groups excluding carboxylic acids is 1. The lowest BCUT2D eigenvalue weighted by Crippen LogP contribution is -2.29. The van der Waals surface area contributed by atoms with Gasteiger partial charge >= 0.3 is 5.97 Å². The molecule has 0 aliphatic carbocycles. The molecule has 1 aromatic heterocycles. The second kappa shape index (κ2) is 8.14. The van der Waals surface area contributed by atoms with Crippen LogP contribution in [0.1, 0.15) is 48.3 Å². The molecule has 1 aliphatic heterocycles. The molecule has 0 radical (unpaired) electrons. The Kier molecular flexibility index (Phi) is 5.68. The molecule has 138 valence electrons. The lowest BCUT2D eigenvalue weighted by atomic mass is 10.1. The Bertz CT molecular complexity index is 763. The Balaban J connectivity index is 1.60. The van der Waals surface area contributed by atoms with Gasteiger partial charge in [0.1, 0.15) is 11.7 Å². The van der Waals surface area contributed by atoms with Crippen LogP contribution >= 0.6 is 0 Å². The number of aromatic carboxylic acids is 1. The van der Waals surface area contributed by atoms with Crippen LogP contribution in [-0.4, -0.2) is 44.8 Å². The number of carbonyl (C=O) groups is 2. The highest BCUT2D eigenvalue weighted by molar-refractivity contribution is 5.94. The van der Waals surface area contributed by atoms with Crippen molar-refractivity contribution in [2.75, 3.05) is 18.4 Å². The zero-order valence-electron chi connectivity index (χ0n) is 14.9. The van der Waals surface area contributed by atoms with Crippen molar-refractivity contribution in [3.8, 4) is 0 Å². The number of nitrogens with one attached hydrogen (secondary N) is 1. The minimum Gasteiger partial charge on any atom is -0.477 e. The quantitative estimate of drug-likeness (QED) is 0.831. The van der Waals surface area contributed by atoms with Crippen LogP contribution in [-0.2, 0) is 11.3 Å². The number of carboxylic acids is 1. The number of anilines is 1. The van der Waals surface area contributed by atoms with E-state index in [-0.39, 0.29) is 11.6 Å². The van der Waals surface area contributed by atoms with Crippen molar-refractivity contribution in [2.24, 2.45) is 0 Å². The Labute approximate surface area is 152 Å². The van der Waals surface area contributed by atoms with Crippen molar-refractivity contribution < 1.29 is 14.7 Å². The zero-order chi connectivity index (χ0) is 18.5. The first-order chi connectivity index (χ1) is 12.5. The summed E-state index contributed by atoms with van der Waals surface area (Å²) in [5, 5.41) is 15.9. The summed E-state index contributed by atoms with van der Waals surface area (Å²) in [4.78, 5) is 26.0. The fourth-order valence-electron chi connectivity index (χ4n) is 3.22. The van der Waals surface area contributed by atoms with Crippen LogP contribution in [0, 0.1) is 0 Å². The second-order valence-corrected chi connectivity index (χ2v) is 6.67. The van der Waals surface area contributed by atoms with Gasteiger partial charge in [0.25, 0.3) is 0 Å². The summed E-state index contributed by atoms with van der Waals surface area (Å²) in [6.45, 7) is 4.84. The molecule has 1 amide bonds. The van der Waals surface area contributed by atoms with E-state index in [1.54, 1.807) is 6.92 Å². The molecular weight excluding hydrogens is 332 g/mol. The van der Waals surface area contributed by atoms with Crippen LogP contribution < -0.4 is 5.32 Å². The van der Waals surface area contributed by atoms with Gasteiger partial charge in [0.05, 0.1) is 0 Å². The monoisotopic (exact) mass is 356 g/mol. The molecule has 7 nitrogen and oxygen atoms in total. The number of benzene rings is 1. The standard InChI is InChI=1S/C19H24N4O3/c1-14(23-17(19(25)26)9-10-20-23)18(24)21-16-7-5-15(6-8-16)13-22-11-3-2-4-12-22/h5-10,14H,2-4,11-13H2,1H3,(H,21,24)(H,25,26). The topological polar surface area (TPSA) is 87.5 Å². The predicted molar refractivity (Wildman–Crippen MR) is 98.1 cm³/mol. The number of amides is 1. The SMILES string of the molecule is CC(C(=O)Nc1ccc(CN2CCCCC2)cc1)n1nccc1C(=O)O. The van der Waals surface area contributed by atoms with Gasteiger partial charge in [-0.15, -0.1) is 0 Å². The van der Waals surface area contributed by atoms with Crippen LogP contribution in [0.15, 0.2) is 36.5 Å². The molecule has 2 heterocycles. The van der Waals surface area contributed by atoms with E-state index < -0.39 is 12.0 Å². The van der Waals surface area contributed by atoms with Gasteiger partial charge in [-0.25, -0.2) is 9.48 Å². The minimum absolute atomic E-state index is 0.00969. The maximum absolute atomic E-state index is 12.4. The highest BCUT2D eigenvalue weighted by atomic mass is 16.4. The summed E-state index contributed by atoms with van der Waals surface area (Å²) < 4.78 is 1.21.